The Morgan fingerprint density at radius 1 is 1.10 bits per heavy atom. The van der Waals surface area contributed by atoms with E-state index in [0.29, 0.717) is 29.0 Å². The van der Waals surface area contributed by atoms with Gasteiger partial charge in [-0.2, -0.15) is 0 Å². The zero-order valence-corrected chi connectivity index (χ0v) is 19.4. The summed E-state index contributed by atoms with van der Waals surface area (Å²) in [5.74, 6) is 2.21. The van der Waals surface area contributed by atoms with Crippen LogP contribution >= 0.6 is 11.8 Å². The van der Waals surface area contributed by atoms with Gasteiger partial charge >= 0.3 is 0 Å². The summed E-state index contributed by atoms with van der Waals surface area (Å²) in [5.41, 5.74) is 4.05. The third-order valence-corrected chi connectivity index (χ3v) is 5.83. The van der Waals surface area contributed by atoms with E-state index in [0.717, 1.165) is 22.4 Å². The van der Waals surface area contributed by atoms with Crippen LogP contribution in [0.2, 0.25) is 0 Å². The predicted molar refractivity (Wildman–Crippen MR) is 123 cm³/mol. The molecule has 1 N–H and O–H groups in total. The maximum atomic E-state index is 12.5. The molecule has 0 saturated heterocycles. The van der Waals surface area contributed by atoms with Gasteiger partial charge in [-0.1, -0.05) is 36.0 Å². The highest BCUT2D eigenvalue weighted by Gasteiger charge is 2.15. The van der Waals surface area contributed by atoms with Crippen molar-refractivity contribution in [2.75, 3.05) is 18.2 Å². The number of benzene rings is 2. The highest BCUT2D eigenvalue weighted by Crippen LogP contribution is 2.29. The first kappa shape index (κ1) is 22.7. The minimum absolute atomic E-state index is 0.0738. The van der Waals surface area contributed by atoms with Gasteiger partial charge in [-0.05, 0) is 56.5 Å². The maximum Gasteiger partial charge on any atom is 0.234 e. The summed E-state index contributed by atoms with van der Waals surface area (Å²) in [6, 6.07) is 11.7. The van der Waals surface area contributed by atoms with Crippen LogP contribution < -0.4 is 14.8 Å². The molecule has 8 heteroatoms. The van der Waals surface area contributed by atoms with Crippen molar-refractivity contribution in [2.24, 2.45) is 0 Å². The van der Waals surface area contributed by atoms with Crippen molar-refractivity contribution >= 4 is 23.4 Å². The SMILES string of the molecule is CCn1c(COc2ccc(C)cc2OC)nnc1SCC(=O)Nc1c(C)cccc1C. The van der Waals surface area contributed by atoms with E-state index >= 15 is 0 Å². The number of carbonyl (C=O) groups excluding carboxylic acids is 1. The van der Waals surface area contributed by atoms with Gasteiger partial charge in [0.05, 0.1) is 12.9 Å². The molecule has 0 spiro atoms. The Kier molecular flexibility index (Phi) is 7.57. The Hall–Kier alpha value is -3.00. The minimum Gasteiger partial charge on any atom is -0.493 e. The average Bonchev–Trinajstić information content (AvgIpc) is 3.15. The maximum absolute atomic E-state index is 12.5. The highest BCUT2D eigenvalue weighted by atomic mass is 32.2. The quantitative estimate of drug-likeness (QED) is 0.492. The molecule has 3 aromatic rings. The molecule has 1 aromatic heterocycles. The van der Waals surface area contributed by atoms with Gasteiger partial charge in [0.15, 0.2) is 22.5 Å². The summed E-state index contributed by atoms with van der Waals surface area (Å²) < 4.78 is 13.3. The number of carbonyl (C=O) groups is 1. The van der Waals surface area contributed by atoms with Gasteiger partial charge in [0, 0.05) is 12.2 Å². The Morgan fingerprint density at radius 3 is 2.52 bits per heavy atom. The number of aryl methyl sites for hydroxylation is 3. The van der Waals surface area contributed by atoms with Gasteiger partial charge in [0.1, 0.15) is 6.61 Å². The Labute approximate surface area is 187 Å². The summed E-state index contributed by atoms with van der Waals surface area (Å²) in [7, 11) is 1.62. The first-order valence-electron chi connectivity index (χ1n) is 10.1. The van der Waals surface area contributed by atoms with Crippen molar-refractivity contribution in [3.05, 3.63) is 58.9 Å². The monoisotopic (exact) mass is 440 g/mol. The van der Waals surface area contributed by atoms with Crippen LogP contribution in [0.25, 0.3) is 0 Å². The van der Waals surface area contributed by atoms with Gasteiger partial charge in [-0.15, -0.1) is 10.2 Å². The number of ether oxygens (including phenoxy) is 2. The molecule has 1 amide bonds. The molecule has 3 rings (SSSR count). The second-order valence-corrected chi connectivity index (χ2v) is 8.13. The van der Waals surface area contributed by atoms with E-state index in [1.807, 2.05) is 68.7 Å². The van der Waals surface area contributed by atoms with Crippen LogP contribution in [0.15, 0.2) is 41.6 Å². The summed E-state index contributed by atoms with van der Waals surface area (Å²) in [6.45, 7) is 8.92. The Morgan fingerprint density at radius 2 is 1.84 bits per heavy atom. The topological polar surface area (TPSA) is 78.3 Å². The van der Waals surface area contributed by atoms with Crippen LogP contribution in [-0.2, 0) is 17.9 Å². The van der Waals surface area contributed by atoms with Gasteiger partial charge in [0.25, 0.3) is 0 Å². The van der Waals surface area contributed by atoms with E-state index in [4.69, 9.17) is 9.47 Å². The molecular formula is C23H28N4O3S. The Balaban J connectivity index is 1.63. The number of amides is 1. The van der Waals surface area contributed by atoms with Gasteiger partial charge < -0.3 is 19.4 Å². The zero-order chi connectivity index (χ0) is 22.4. The zero-order valence-electron chi connectivity index (χ0n) is 18.6. The molecule has 1 heterocycles. The average molecular weight is 441 g/mol. The molecule has 7 nitrogen and oxygen atoms in total. The van der Waals surface area contributed by atoms with Crippen molar-refractivity contribution in [2.45, 2.75) is 46.0 Å². The molecule has 164 valence electrons. The standard InChI is InChI=1S/C23H28N4O3S/c1-6-27-20(13-30-18-11-10-15(2)12-19(18)29-5)25-26-23(27)31-14-21(28)24-22-16(3)8-7-9-17(22)4/h7-12H,6,13-14H2,1-5H3,(H,24,28). The first-order chi connectivity index (χ1) is 14.9. The molecule has 0 aliphatic rings. The number of anilines is 1. The van der Waals surface area contributed by atoms with E-state index in [9.17, 15) is 4.79 Å². The summed E-state index contributed by atoms with van der Waals surface area (Å²) in [6.07, 6.45) is 0. The summed E-state index contributed by atoms with van der Waals surface area (Å²) in [4.78, 5) is 12.5. The molecule has 0 unspecified atom stereocenters. The van der Waals surface area contributed by atoms with Gasteiger partial charge in [0.2, 0.25) is 5.91 Å². The fourth-order valence-electron chi connectivity index (χ4n) is 3.20. The molecule has 0 aliphatic heterocycles. The second-order valence-electron chi connectivity index (χ2n) is 7.19. The molecule has 2 aromatic carbocycles. The first-order valence-corrected chi connectivity index (χ1v) is 11.1. The van der Waals surface area contributed by atoms with Crippen molar-refractivity contribution in [1.82, 2.24) is 14.8 Å². The predicted octanol–water partition coefficient (Wildman–Crippen LogP) is 4.54. The number of nitrogens with one attached hydrogen (secondary N) is 1. The van der Waals surface area contributed by atoms with Crippen LogP contribution in [0.4, 0.5) is 5.69 Å². The van der Waals surface area contributed by atoms with Crippen molar-refractivity contribution in [3.63, 3.8) is 0 Å². The van der Waals surface area contributed by atoms with Crippen molar-refractivity contribution in [3.8, 4) is 11.5 Å². The molecular weight excluding hydrogens is 412 g/mol. The smallest absolute Gasteiger partial charge is 0.234 e. The molecule has 0 saturated carbocycles. The lowest BCUT2D eigenvalue weighted by molar-refractivity contribution is -0.113. The number of aromatic nitrogens is 3. The lowest BCUT2D eigenvalue weighted by Crippen LogP contribution is -2.16. The lowest BCUT2D eigenvalue weighted by Gasteiger charge is -2.12. The van der Waals surface area contributed by atoms with Crippen LogP contribution in [0.1, 0.15) is 29.4 Å². The Bertz CT molecular complexity index is 1040. The molecule has 31 heavy (non-hydrogen) atoms. The van der Waals surface area contributed by atoms with Crippen molar-refractivity contribution in [1.29, 1.82) is 0 Å². The van der Waals surface area contributed by atoms with Crippen LogP contribution in [-0.4, -0.2) is 33.5 Å². The number of para-hydroxylation sites is 1. The van der Waals surface area contributed by atoms with E-state index in [1.54, 1.807) is 7.11 Å². The number of hydrogen-bond acceptors (Lipinski definition) is 6. The van der Waals surface area contributed by atoms with E-state index < -0.39 is 0 Å². The highest BCUT2D eigenvalue weighted by molar-refractivity contribution is 7.99. The second kappa shape index (κ2) is 10.3. The third-order valence-electron chi connectivity index (χ3n) is 4.86. The third kappa shape index (κ3) is 5.58. The number of hydrogen-bond donors (Lipinski definition) is 1. The van der Waals surface area contributed by atoms with Crippen LogP contribution in [0.5, 0.6) is 11.5 Å². The fourth-order valence-corrected chi connectivity index (χ4v) is 4.03. The summed E-state index contributed by atoms with van der Waals surface area (Å²) in [5, 5.41) is 12.2. The summed E-state index contributed by atoms with van der Waals surface area (Å²) >= 11 is 1.36. The molecule has 0 fully saturated rings. The molecule has 0 bridgehead atoms. The molecule has 0 atom stereocenters. The van der Waals surface area contributed by atoms with Gasteiger partial charge in [-0.3, -0.25) is 4.79 Å². The van der Waals surface area contributed by atoms with Crippen molar-refractivity contribution < 1.29 is 14.3 Å². The molecule has 0 aliphatic carbocycles. The number of rotatable bonds is 9. The normalized spacial score (nSPS) is 10.7. The van der Waals surface area contributed by atoms with Crippen LogP contribution in [0, 0.1) is 20.8 Å². The lowest BCUT2D eigenvalue weighted by atomic mass is 10.1. The van der Waals surface area contributed by atoms with Crippen LogP contribution in [0.3, 0.4) is 0 Å². The number of nitrogens with zero attached hydrogens (tertiary/aromatic N) is 3. The van der Waals surface area contributed by atoms with Gasteiger partial charge in [-0.25, -0.2) is 0 Å². The van der Waals surface area contributed by atoms with E-state index in [-0.39, 0.29) is 18.3 Å². The fraction of sp³-hybridized carbons (Fsp3) is 0.348. The number of methoxy groups -OCH3 is 1. The largest absolute Gasteiger partial charge is 0.493 e. The molecule has 0 radical (unpaired) electrons. The number of thioether (sulfide) groups is 1. The van der Waals surface area contributed by atoms with E-state index in [1.165, 1.54) is 11.8 Å². The minimum atomic E-state index is -0.0738. The van der Waals surface area contributed by atoms with E-state index in [2.05, 4.69) is 15.5 Å².